The molecule has 1 unspecified atom stereocenters. The van der Waals surface area contributed by atoms with E-state index in [1.165, 1.54) is 12.0 Å². The standard InChI is InChI=1S/C14H22O/c1-10(12(3)15)6-7-13-9-14(4,5)8-11(13)2/h6-7,11H,8-9H2,1-5H3. The lowest BCUT2D eigenvalue weighted by Crippen LogP contribution is -2.03. The predicted molar refractivity (Wildman–Crippen MR) is 64.7 cm³/mol. The Morgan fingerprint density at radius 2 is 2.00 bits per heavy atom. The van der Waals surface area contributed by atoms with Crippen molar-refractivity contribution in [2.45, 2.75) is 47.5 Å². The van der Waals surface area contributed by atoms with E-state index in [4.69, 9.17) is 0 Å². The third-order valence-electron chi connectivity index (χ3n) is 3.28. The summed E-state index contributed by atoms with van der Waals surface area (Å²) in [5.74, 6) is 0.827. The van der Waals surface area contributed by atoms with Crippen molar-refractivity contribution >= 4 is 5.78 Å². The lowest BCUT2D eigenvalue weighted by atomic mass is 9.91. The second-order valence-corrected chi connectivity index (χ2v) is 5.59. The number of carbonyl (C=O) groups is 1. The van der Waals surface area contributed by atoms with Gasteiger partial charge in [0, 0.05) is 0 Å². The summed E-state index contributed by atoms with van der Waals surface area (Å²) >= 11 is 0. The van der Waals surface area contributed by atoms with Crippen LogP contribution in [0.15, 0.2) is 23.3 Å². The summed E-state index contributed by atoms with van der Waals surface area (Å²) in [6.07, 6.45) is 6.54. The smallest absolute Gasteiger partial charge is 0.155 e. The van der Waals surface area contributed by atoms with Crippen molar-refractivity contribution in [3.8, 4) is 0 Å². The summed E-state index contributed by atoms with van der Waals surface area (Å²) < 4.78 is 0. The van der Waals surface area contributed by atoms with Crippen molar-refractivity contribution in [1.29, 1.82) is 0 Å². The molecule has 0 heterocycles. The average Bonchev–Trinajstić information content (AvgIpc) is 2.35. The van der Waals surface area contributed by atoms with Gasteiger partial charge in [0.25, 0.3) is 0 Å². The first-order valence-corrected chi connectivity index (χ1v) is 5.70. The summed E-state index contributed by atoms with van der Waals surface area (Å²) in [7, 11) is 0. The van der Waals surface area contributed by atoms with Gasteiger partial charge in [0.15, 0.2) is 5.78 Å². The Balaban J connectivity index is 2.78. The van der Waals surface area contributed by atoms with Crippen molar-refractivity contribution in [1.82, 2.24) is 0 Å². The molecule has 1 aliphatic carbocycles. The van der Waals surface area contributed by atoms with Crippen LogP contribution in [-0.4, -0.2) is 5.78 Å². The molecule has 1 fully saturated rings. The van der Waals surface area contributed by atoms with E-state index in [1.54, 1.807) is 6.92 Å². The molecule has 0 aromatic carbocycles. The van der Waals surface area contributed by atoms with E-state index < -0.39 is 0 Å². The Morgan fingerprint density at radius 1 is 1.40 bits per heavy atom. The van der Waals surface area contributed by atoms with Crippen LogP contribution in [0.25, 0.3) is 0 Å². The van der Waals surface area contributed by atoms with Gasteiger partial charge in [0.05, 0.1) is 0 Å². The van der Waals surface area contributed by atoms with Crippen LogP contribution in [0.3, 0.4) is 0 Å². The maximum atomic E-state index is 11.1. The van der Waals surface area contributed by atoms with Crippen LogP contribution in [-0.2, 0) is 4.79 Å². The van der Waals surface area contributed by atoms with Crippen LogP contribution in [0.5, 0.6) is 0 Å². The molecule has 1 heteroatoms. The van der Waals surface area contributed by atoms with Gasteiger partial charge in [-0.2, -0.15) is 0 Å². The Labute approximate surface area is 93.3 Å². The van der Waals surface area contributed by atoms with Gasteiger partial charge in [0.1, 0.15) is 0 Å². The minimum atomic E-state index is 0.164. The van der Waals surface area contributed by atoms with Crippen LogP contribution < -0.4 is 0 Å². The number of hydrogen-bond acceptors (Lipinski definition) is 1. The first-order valence-electron chi connectivity index (χ1n) is 5.70. The van der Waals surface area contributed by atoms with Crippen molar-refractivity contribution in [2.75, 3.05) is 0 Å². The van der Waals surface area contributed by atoms with Crippen LogP contribution in [0, 0.1) is 11.3 Å². The zero-order chi connectivity index (χ0) is 11.6. The van der Waals surface area contributed by atoms with E-state index in [2.05, 4.69) is 26.8 Å². The molecular weight excluding hydrogens is 184 g/mol. The molecule has 1 atom stereocenters. The third kappa shape index (κ3) is 3.33. The number of hydrogen-bond donors (Lipinski definition) is 0. The molecule has 0 aromatic rings. The molecule has 0 aliphatic heterocycles. The van der Waals surface area contributed by atoms with Crippen molar-refractivity contribution in [2.24, 2.45) is 11.3 Å². The maximum Gasteiger partial charge on any atom is 0.155 e. The number of rotatable bonds is 2. The Kier molecular flexibility index (Phi) is 3.54. The molecule has 0 N–H and O–H groups in total. The molecule has 1 rings (SSSR count). The average molecular weight is 206 g/mol. The molecule has 0 bridgehead atoms. The quantitative estimate of drug-likeness (QED) is 0.626. The lowest BCUT2D eigenvalue weighted by Gasteiger charge is -2.14. The highest BCUT2D eigenvalue weighted by atomic mass is 16.1. The van der Waals surface area contributed by atoms with E-state index in [0.717, 1.165) is 12.0 Å². The largest absolute Gasteiger partial charge is 0.295 e. The molecule has 0 spiro atoms. The SMILES string of the molecule is CC(=O)C(C)=CC=C1CC(C)(C)CC1C. The van der Waals surface area contributed by atoms with Gasteiger partial charge in [-0.05, 0) is 43.6 Å². The van der Waals surface area contributed by atoms with E-state index >= 15 is 0 Å². The minimum Gasteiger partial charge on any atom is -0.295 e. The summed E-state index contributed by atoms with van der Waals surface area (Å²) in [6.45, 7) is 10.4. The number of carbonyl (C=O) groups excluding carboxylic acids is 1. The van der Waals surface area contributed by atoms with Crippen molar-refractivity contribution in [3.05, 3.63) is 23.3 Å². The first-order chi connectivity index (χ1) is 6.82. The maximum absolute atomic E-state index is 11.1. The van der Waals surface area contributed by atoms with Gasteiger partial charge in [-0.1, -0.05) is 38.5 Å². The van der Waals surface area contributed by atoms with E-state index in [0.29, 0.717) is 11.3 Å². The van der Waals surface area contributed by atoms with Crippen LogP contribution in [0.4, 0.5) is 0 Å². The fourth-order valence-electron chi connectivity index (χ4n) is 2.33. The third-order valence-corrected chi connectivity index (χ3v) is 3.28. The second-order valence-electron chi connectivity index (χ2n) is 5.59. The van der Waals surface area contributed by atoms with Gasteiger partial charge in [-0.3, -0.25) is 4.79 Å². The predicted octanol–water partition coefficient (Wildman–Crippen LogP) is 3.90. The number of ketones is 1. The highest BCUT2D eigenvalue weighted by molar-refractivity contribution is 5.92. The van der Waals surface area contributed by atoms with Crippen molar-refractivity contribution < 1.29 is 4.79 Å². The second kappa shape index (κ2) is 4.34. The van der Waals surface area contributed by atoms with Crippen LogP contribution >= 0.6 is 0 Å². The molecule has 1 saturated carbocycles. The fourth-order valence-corrected chi connectivity index (χ4v) is 2.33. The zero-order valence-corrected chi connectivity index (χ0v) is 10.6. The van der Waals surface area contributed by atoms with Crippen LogP contribution in [0.2, 0.25) is 0 Å². The molecule has 15 heavy (non-hydrogen) atoms. The normalized spacial score (nSPS) is 28.5. The number of Topliss-reactive ketones (excluding diaryl/α,β-unsaturated/α-hetero) is 1. The van der Waals surface area contributed by atoms with E-state index in [-0.39, 0.29) is 5.78 Å². The van der Waals surface area contributed by atoms with Gasteiger partial charge in [0.2, 0.25) is 0 Å². The fraction of sp³-hybridized carbons (Fsp3) is 0.643. The topological polar surface area (TPSA) is 17.1 Å². The highest BCUT2D eigenvalue weighted by Gasteiger charge is 2.31. The summed E-state index contributed by atoms with van der Waals surface area (Å²) in [6, 6.07) is 0. The molecule has 1 aliphatic rings. The minimum absolute atomic E-state index is 0.164. The monoisotopic (exact) mass is 206 g/mol. The molecule has 0 radical (unpaired) electrons. The summed E-state index contributed by atoms with van der Waals surface area (Å²) in [5, 5.41) is 0. The molecule has 0 aromatic heterocycles. The van der Waals surface area contributed by atoms with E-state index in [9.17, 15) is 4.79 Å². The number of allylic oxidation sites excluding steroid dienone is 4. The van der Waals surface area contributed by atoms with Crippen molar-refractivity contribution in [3.63, 3.8) is 0 Å². The van der Waals surface area contributed by atoms with Gasteiger partial charge in [-0.15, -0.1) is 0 Å². The summed E-state index contributed by atoms with van der Waals surface area (Å²) in [4.78, 5) is 11.1. The molecule has 84 valence electrons. The van der Waals surface area contributed by atoms with Gasteiger partial charge >= 0.3 is 0 Å². The lowest BCUT2D eigenvalue weighted by molar-refractivity contribution is -0.113. The molecule has 0 saturated heterocycles. The van der Waals surface area contributed by atoms with Gasteiger partial charge in [-0.25, -0.2) is 0 Å². The highest BCUT2D eigenvalue weighted by Crippen LogP contribution is 2.44. The summed E-state index contributed by atoms with van der Waals surface area (Å²) in [5.41, 5.74) is 2.77. The molecule has 0 amide bonds. The van der Waals surface area contributed by atoms with Crippen LogP contribution in [0.1, 0.15) is 47.5 Å². The van der Waals surface area contributed by atoms with Gasteiger partial charge < -0.3 is 0 Å². The zero-order valence-electron chi connectivity index (χ0n) is 10.6. The van der Waals surface area contributed by atoms with E-state index in [1.807, 2.05) is 13.0 Å². The molecular formula is C14H22O. The first kappa shape index (κ1) is 12.2. The Morgan fingerprint density at radius 3 is 2.40 bits per heavy atom. The Hall–Kier alpha value is -0.850. The Bertz CT molecular complexity index is 318. The molecule has 1 nitrogen and oxygen atoms in total.